The zero-order valence-corrected chi connectivity index (χ0v) is 9.23. The van der Waals surface area contributed by atoms with Crippen LogP contribution in [-0.2, 0) is 11.2 Å². The van der Waals surface area contributed by atoms with Gasteiger partial charge >= 0.3 is 0 Å². The van der Waals surface area contributed by atoms with E-state index in [0.717, 1.165) is 23.0 Å². The van der Waals surface area contributed by atoms with Crippen LogP contribution in [0.3, 0.4) is 0 Å². The molecule has 0 spiro atoms. The minimum atomic E-state index is 0.646. The Balaban J connectivity index is 2.46. The van der Waals surface area contributed by atoms with E-state index in [1.54, 1.807) is 7.11 Å². The first-order valence-corrected chi connectivity index (χ1v) is 5.14. The largest absolute Gasteiger partial charge is 0.399 e. The lowest BCUT2D eigenvalue weighted by Crippen LogP contribution is -2.00. The molecule has 0 amide bonds. The summed E-state index contributed by atoms with van der Waals surface area (Å²) in [6, 6.07) is 7.44. The summed E-state index contributed by atoms with van der Waals surface area (Å²) in [5.41, 5.74) is 14.9. The number of pyridine rings is 1. The van der Waals surface area contributed by atoms with Crippen molar-refractivity contribution in [3.8, 4) is 0 Å². The summed E-state index contributed by atoms with van der Waals surface area (Å²) in [6.07, 6.45) is 0.765. The zero-order valence-electron chi connectivity index (χ0n) is 9.23. The van der Waals surface area contributed by atoms with E-state index < -0.39 is 0 Å². The third-order valence-corrected chi connectivity index (χ3v) is 2.48. The Kier molecular flexibility index (Phi) is 2.92. The van der Waals surface area contributed by atoms with Gasteiger partial charge in [0.2, 0.25) is 0 Å². The Morgan fingerprint density at radius 3 is 2.81 bits per heavy atom. The van der Waals surface area contributed by atoms with E-state index >= 15 is 0 Å². The van der Waals surface area contributed by atoms with Crippen LogP contribution in [-0.4, -0.2) is 18.7 Å². The molecule has 0 atom stereocenters. The molecule has 4 N–H and O–H groups in total. The summed E-state index contributed by atoms with van der Waals surface area (Å²) < 4.78 is 5.02. The molecule has 4 nitrogen and oxygen atoms in total. The third kappa shape index (κ3) is 2.06. The maximum atomic E-state index is 5.96. The summed E-state index contributed by atoms with van der Waals surface area (Å²) >= 11 is 0. The second-order valence-electron chi connectivity index (χ2n) is 3.72. The molecule has 1 aromatic carbocycles. The van der Waals surface area contributed by atoms with Gasteiger partial charge in [-0.25, -0.2) is 0 Å². The number of rotatable bonds is 3. The maximum Gasteiger partial charge on any atom is 0.0727 e. The number of fused-ring (bicyclic) bond motifs is 1. The highest BCUT2D eigenvalue weighted by Gasteiger charge is 2.03. The van der Waals surface area contributed by atoms with Crippen molar-refractivity contribution in [2.45, 2.75) is 6.42 Å². The first-order chi connectivity index (χ1) is 7.70. The molecular formula is C12H15N3O. The molecule has 0 fully saturated rings. The smallest absolute Gasteiger partial charge is 0.0727 e. The van der Waals surface area contributed by atoms with Gasteiger partial charge in [-0.1, -0.05) is 0 Å². The molecule has 16 heavy (non-hydrogen) atoms. The number of hydrogen-bond acceptors (Lipinski definition) is 4. The number of anilines is 2. The first kappa shape index (κ1) is 10.7. The van der Waals surface area contributed by atoms with Crippen molar-refractivity contribution in [3.63, 3.8) is 0 Å². The Labute approximate surface area is 94.2 Å². The van der Waals surface area contributed by atoms with Gasteiger partial charge in [0.15, 0.2) is 0 Å². The van der Waals surface area contributed by atoms with Crippen LogP contribution in [0, 0.1) is 0 Å². The number of benzene rings is 1. The number of nitrogens with two attached hydrogens (primary N) is 2. The SMILES string of the molecule is COCCc1cc(N)c2cc(N)ccc2n1. The van der Waals surface area contributed by atoms with E-state index in [9.17, 15) is 0 Å². The van der Waals surface area contributed by atoms with E-state index in [4.69, 9.17) is 16.2 Å². The zero-order chi connectivity index (χ0) is 11.5. The molecule has 0 aliphatic carbocycles. The van der Waals surface area contributed by atoms with Crippen molar-refractivity contribution in [1.82, 2.24) is 4.98 Å². The first-order valence-electron chi connectivity index (χ1n) is 5.14. The van der Waals surface area contributed by atoms with Crippen LogP contribution in [0.4, 0.5) is 11.4 Å². The second-order valence-corrected chi connectivity index (χ2v) is 3.72. The van der Waals surface area contributed by atoms with Crippen LogP contribution in [0.2, 0.25) is 0 Å². The lowest BCUT2D eigenvalue weighted by Gasteiger charge is -2.06. The lowest BCUT2D eigenvalue weighted by atomic mass is 10.1. The molecule has 0 radical (unpaired) electrons. The molecule has 2 aromatic rings. The highest BCUT2D eigenvalue weighted by Crippen LogP contribution is 2.22. The molecule has 0 bridgehead atoms. The predicted molar refractivity (Wildman–Crippen MR) is 66.1 cm³/mol. The van der Waals surface area contributed by atoms with Gasteiger partial charge in [-0.3, -0.25) is 4.98 Å². The molecule has 4 heteroatoms. The molecule has 84 valence electrons. The Morgan fingerprint density at radius 1 is 1.25 bits per heavy atom. The molecule has 0 aliphatic heterocycles. The fourth-order valence-corrected chi connectivity index (χ4v) is 1.66. The number of nitrogens with zero attached hydrogens (tertiary/aromatic N) is 1. The topological polar surface area (TPSA) is 74.2 Å². The summed E-state index contributed by atoms with van der Waals surface area (Å²) in [5.74, 6) is 0. The monoisotopic (exact) mass is 217 g/mol. The van der Waals surface area contributed by atoms with Crippen molar-refractivity contribution in [2.24, 2.45) is 0 Å². The fraction of sp³-hybridized carbons (Fsp3) is 0.250. The number of aromatic nitrogens is 1. The van der Waals surface area contributed by atoms with Gasteiger partial charge in [0.25, 0.3) is 0 Å². The predicted octanol–water partition coefficient (Wildman–Crippen LogP) is 1.59. The molecule has 1 heterocycles. The van der Waals surface area contributed by atoms with Gasteiger partial charge in [-0.15, -0.1) is 0 Å². The van der Waals surface area contributed by atoms with Gasteiger partial charge in [0.1, 0.15) is 0 Å². The van der Waals surface area contributed by atoms with Crippen molar-refractivity contribution in [1.29, 1.82) is 0 Å². The Hall–Kier alpha value is -1.81. The number of hydrogen-bond donors (Lipinski definition) is 2. The molecule has 0 unspecified atom stereocenters. The fourth-order valence-electron chi connectivity index (χ4n) is 1.66. The summed E-state index contributed by atoms with van der Waals surface area (Å²) in [6.45, 7) is 0.646. The van der Waals surface area contributed by atoms with Crippen molar-refractivity contribution in [2.75, 3.05) is 25.2 Å². The Bertz CT molecular complexity index is 511. The number of ether oxygens (including phenoxy) is 1. The highest BCUT2D eigenvalue weighted by atomic mass is 16.5. The summed E-state index contributed by atoms with van der Waals surface area (Å²) in [7, 11) is 1.67. The maximum absolute atomic E-state index is 5.96. The lowest BCUT2D eigenvalue weighted by molar-refractivity contribution is 0.201. The van der Waals surface area contributed by atoms with Crippen LogP contribution >= 0.6 is 0 Å². The van der Waals surface area contributed by atoms with Crippen LogP contribution in [0.15, 0.2) is 24.3 Å². The van der Waals surface area contributed by atoms with E-state index in [0.29, 0.717) is 18.0 Å². The van der Waals surface area contributed by atoms with Crippen LogP contribution in [0.5, 0.6) is 0 Å². The number of nitrogen functional groups attached to an aromatic ring is 2. The van der Waals surface area contributed by atoms with Gasteiger partial charge in [-0.2, -0.15) is 0 Å². The van der Waals surface area contributed by atoms with E-state index in [1.165, 1.54) is 0 Å². The third-order valence-electron chi connectivity index (χ3n) is 2.48. The molecule has 0 saturated carbocycles. The van der Waals surface area contributed by atoms with Crippen molar-refractivity contribution < 1.29 is 4.74 Å². The normalized spacial score (nSPS) is 10.8. The van der Waals surface area contributed by atoms with E-state index in [-0.39, 0.29) is 0 Å². The molecular weight excluding hydrogens is 202 g/mol. The summed E-state index contributed by atoms with van der Waals surface area (Å²) in [4.78, 5) is 4.50. The Morgan fingerprint density at radius 2 is 2.06 bits per heavy atom. The van der Waals surface area contributed by atoms with Crippen LogP contribution in [0.25, 0.3) is 10.9 Å². The molecule has 1 aromatic heterocycles. The molecule has 0 saturated heterocycles. The minimum Gasteiger partial charge on any atom is -0.399 e. The standard InChI is InChI=1S/C12H15N3O/c1-16-5-4-9-7-11(14)10-6-8(13)2-3-12(10)15-9/h2-3,6-7H,4-5,13H2,1H3,(H2,14,15). The minimum absolute atomic E-state index is 0.646. The van der Waals surface area contributed by atoms with Crippen molar-refractivity contribution in [3.05, 3.63) is 30.0 Å². The number of methoxy groups -OCH3 is 1. The van der Waals surface area contributed by atoms with Gasteiger partial charge in [0.05, 0.1) is 12.1 Å². The van der Waals surface area contributed by atoms with Gasteiger partial charge in [-0.05, 0) is 24.3 Å². The van der Waals surface area contributed by atoms with Gasteiger partial charge in [0, 0.05) is 36.0 Å². The average molecular weight is 217 g/mol. The van der Waals surface area contributed by atoms with Crippen molar-refractivity contribution >= 4 is 22.3 Å². The average Bonchev–Trinajstić information content (AvgIpc) is 2.27. The highest BCUT2D eigenvalue weighted by molar-refractivity contribution is 5.92. The van der Waals surface area contributed by atoms with E-state index in [1.807, 2.05) is 24.3 Å². The second kappa shape index (κ2) is 4.37. The molecule has 2 rings (SSSR count). The van der Waals surface area contributed by atoms with Gasteiger partial charge < -0.3 is 16.2 Å². The van der Waals surface area contributed by atoms with Crippen LogP contribution < -0.4 is 11.5 Å². The quantitative estimate of drug-likeness (QED) is 0.765. The van der Waals surface area contributed by atoms with E-state index in [2.05, 4.69) is 4.98 Å². The summed E-state index contributed by atoms with van der Waals surface area (Å²) in [5, 5.41) is 0.904. The van der Waals surface area contributed by atoms with Crippen LogP contribution in [0.1, 0.15) is 5.69 Å². The molecule has 0 aliphatic rings.